The van der Waals surface area contributed by atoms with Crippen LogP contribution in [0.2, 0.25) is 0 Å². The number of aryl methyl sites for hydroxylation is 1. The van der Waals surface area contributed by atoms with Crippen molar-refractivity contribution in [1.82, 2.24) is 4.90 Å². The van der Waals surface area contributed by atoms with Crippen LogP contribution in [-0.2, 0) is 4.79 Å². The smallest absolute Gasteiger partial charge is 0.323 e. The standard InChI is InChI=1S/C16H19NO4/c1-10(2)8-17(9-14(18)19)16(20)13-7-12-6-4-5-11(3)15(12)21-13/h4-7,10H,8-9H2,1-3H3,(H,18,19). The number of furan rings is 1. The van der Waals surface area contributed by atoms with Gasteiger partial charge in [0.1, 0.15) is 12.1 Å². The number of aliphatic carboxylic acids is 1. The number of hydrogen-bond donors (Lipinski definition) is 1. The quantitative estimate of drug-likeness (QED) is 0.918. The van der Waals surface area contributed by atoms with E-state index in [2.05, 4.69) is 0 Å². The zero-order chi connectivity index (χ0) is 15.6. The highest BCUT2D eigenvalue weighted by Gasteiger charge is 2.23. The lowest BCUT2D eigenvalue weighted by Crippen LogP contribution is -2.38. The summed E-state index contributed by atoms with van der Waals surface area (Å²) in [5, 5.41) is 9.80. The Balaban J connectivity index is 2.33. The SMILES string of the molecule is Cc1cccc2cc(C(=O)N(CC(=O)O)CC(C)C)oc12. The Morgan fingerprint density at radius 1 is 1.33 bits per heavy atom. The molecule has 0 aliphatic heterocycles. The van der Waals surface area contributed by atoms with Crippen LogP contribution < -0.4 is 0 Å². The molecule has 0 atom stereocenters. The van der Waals surface area contributed by atoms with Gasteiger partial charge in [-0.05, 0) is 24.5 Å². The van der Waals surface area contributed by atoms with E-state index in [0.717, 1.165) is 10.9 Å². The molecule has 0 bridgehead atoms. The minimum absolute atomic E-state index is 0.180. The maximum absolute atomic E-state index is 12.5. The molecule has 1 N–H and O–H groups in total. The number of carboxylic acids is 1. The van der Waals surface area contributed by atoms with Gasteiger partial charge >= 0.3 is 5.97 Å². The van der Waals surface area contributed by atoms with Gasteiger partial charge in [-0.2, -0.15) is 0 Å². The molecule has 0 saturated carbocycles. The Kier molecular flexibility index (Phi) is 4.31. The van der Waals surface area contributed by atoms with Crippen LogP contribution in [0.5, 0.6) is 0 Å². The van der Waals surface area contributed by atoms with Gasteiger partial charge in [0.25, 0.3) is 5.91 Å². The summed E-state index contributed by atoms with van der Waals surface area (Å²) in [4.78, 5) is 24.7. The molecule has 0 unspecified atom stereocenters. The molecular weight excluding hydrogens is 270 g/mol. The Morgan fingerprint density at radius 2 is 2.05 bits per heavy atom. The number of amides is 1. The molecule has 0 radical (unpaired) electrons. The summed E-state index contributed by atoms with van der Waals surface area (Å²) in [7, 11) is 0. The molecule has 112 valence electrons. The second-order valence-electron chi connectivity index (χ2n) is 5.58. The number of hydrogen-bond acceptors (Lipinski definition) is 3. The average molecular weight is 289 g/mol. The van der Waals surface area contributed by atoms with Crippen molar-refractivity contribution in [3.63, 3.8) is 0 Å². The van der Waals surface area contributed by atoms with Crippen molar-refractivity contribution in [3.8, 4) is 0 Å². The maximum atomic E-state index is 12.5. The molecule has 0 fully saturated rings. The fourth-order valence-corrected chi connectivity index (χ4v) is 2.29. The number of rotatable bonds is 5. The highest BCUT2D eigenvalue weighted by atomic mass is 16.4. The largest absolute Gasteiger partial charge is 0.480 e. The Morgan fingerprint density at radius 3 is 2.62 bits per heavy atom. The zero-order valence-corrected chi connectivity index (χ0v) is 12.4. The highest BCUT2D eigenvalue weighted by Crippen LogP contribution is 2.23. The summed E-state index contributed by atoms with van der Waals surface area (Å²) in [5.74, 6) is -1.06. The number of nitrogens with zero attached hydrogens (tertiary/aromatic N) is 1. The van der Waals surface area contributed by atoms with Gasteiger partial charge < -0.3 is 14.4 Å². The fourth-order valence-electron chi connectivity index (χ4n) is 2.29. The summed E-state index contributed by atoms with van der Waals surface area (Å²) in [6, 6.07) is 7.33. The van der Waals surface area contributed by atoms with Crippen LogP contribution in [0.3, 0.4) is 0 Å². The normalized spacial score (nSPS) is 11.0. The first-order chi connectivity index (χ1) is 9.88. The Bertz CT molecular complexity index is 672. The van der Waals surface area contributed by atoms with Crippen LogP contribution in [0.25, 0.3) is 11.0 Å². The van der Waals surface area contributed by atoms with E-state index >= 15 is 0 Å². The van der Waals surface area contributed by atoms with Gasteiger partial charge in [-0.3, -0.25) is 9.59 Å². The van der Waals surface area contributed by atoms with Gasteiger partial charge in [0, 0.05) is 11.9 Å². The van der Waals surface area contributed by atoms with Gasteiger partial charge in [-0.15, -0.1) is 0 Å². The first-order valence-electron chi connectivity index (χ1n) is 6.88. The van der Waals surface area contributed by atoms with Crippen LogP contribution in [-0.4, -0.2) is 35.0 Å². The van der Waals surface area contributed by atoms with Gasteiger partial charge in [-0.25, -0.2) is 0 Å². The van der Waals surface area contributed by atoms with Crippen LogP contribution in [0.4, 0.5) is 0 Å². The topological polar surface area (TPSA) is 70.8 Å². The van der Waals surface area contributed by atoms with E-state index in [1.165, 1.54) is 4.90 Å². The number of fused-ring (bicyclic) bond motifs is 1. The molecule has 1 aromatic carbocycles. The lowest BCUT2D eigenvalue weighted by molar-refractivity contribution is -0.137. The molecule has 1 aromatic heterocycles. The number of carbonyl (C=O) groups excluding carboxylic acids is 1. The molecule has 1 heterocycles. The fraction of sp³-hybridized carbons (Fsp3) is 0.375. The van der Waals surface area contributed by atoms with E-state index in [4.69, 9.17) is 9.52 Å². The molecule has 5 heteroatoms. The lowest BCUT2D eigenvalue weighted by Gasteiger charge is -2.21. The first kappa shape index (κ1) is 15.1. The average Bonchev–Trinajstić information content (AvgIpc) is 2.81. The van der Waals surface area contributed by atoms with Crippen LogP contribution >= 0.6 is 0 Å². The lowest BCUT2D eigenvalue weighted by atomic mass is 10.1. The zero-order valence-electron chi connectivity index (χ0n) is 12.4. The number of carboxylic acid groups (broad SMARTS) is 1. The van der Waals surface area contributed by atoms with Gasteiger partial charge in [-0.1, -0.05) is 32.0 Å². The molecule has 5 nitrogen and oxygen atoms in total. The third kappa shape index (κ3) is 3.42. The van der Waals surface area contributed by atoms with Crippen LogP contribution in [0.15, 0.2) is 28.7 Å². The van der Waals surface area contributed by atoms with Crippen molar-refractivity contribution in [1.29, 1.82) is 0 Å². The first-order valence-corrected chi connectivity index (χ1v) is 6.88. The van der Waals surface area contributed by atoms with Crippen molar-refractivity contribution in [3.05, 3.63) is 35.6 Å². The molecule has 1 amide bonds. The molecule has 0 spiro atoms. The monoisotopic (exact) mass is 289 g/mol. The number of benzene rings is 1. The Hall–Kier alpha value is -2.30. The molecular formula is C16H19NO4. The second-order valence-corrected chi connectivity index (χ2v) is 5.58. The van der Waals surface area contributed by atoms with E-state index < -0.39 is 5.97 Å². The molecule has 0 saturated heterocycles. The van der Waals surface area contributed by atoms with E-state index in [9.17, 15) is 9.59 Å². The number of para-hydroxylation sites is 1. The minimum atomic E-state index is -1.03. The van der Waals surface area contributed by atoms with Crippen LogP contribution in [0, 0.1) is 12.8 Å². The summed E-state index contributed by atoms with van der Waals surface area (Å²) in [6.45, 7) is 5.83. The van der Waals surface area contributed by atoms with Crippen molar-refractivity contribution in [2.24, 2.45) is 5.92 Å². The summed E-state index contributed by atoms with van der Waals surface area (Å²) in [6.07, 6.45) is 0. The molecule has 0 aliphatic carbocycles. The predicted octanol–water partition coefficient (Wildman–Crippen LogP) is 2.92. The van der Waals surface area contributed by atoms with E-state index in [1.54, 1.807) is 6.07 Å². The Labute approximate surface area is 123 Å². The van der Waals surface area contributed by atoms with Crippen molar-refractivity contribution in [2.75, 3.05) is 13.1 Å². The third-order valence-corrected chi connectivity index (χ3v) is 3.15. The van der Waals surface area contributed by atoms with Gasteiger partial charge in [0.15, 0.2) is 5.76 Å². The van der Waals surface area contributed by atoms with Crippen LogP contribution in [0.1, 0.15) is 30.0 Å². The van der Waals surface area contributed by atoms with Crippen molar-refractivity contribution >= 4 is 22.8 Å². The van der Waals surface area contributed by atoms with Gasteiger partial charge in [0.2, 0.25) is 0 Å². The second kappa shape index (κ2) is 5.99. The van der Waals surface area contributed by atoms with Crippen molar-refractivity contribution in [2.45, 2.75) is 20.8 Å². The third-order valence-electron chi connectivity index (χ3n) is 3.15. The summed E-state index contributed by atoms with van der Waals surface area (Å²) in [5.41, 5.74) is 1.61. The maximum Gasteiger partial charge on any atom is 0.323 e. The van der Waals surface area contributed by atoms with E-state index in [-0.39, 0.29) is 24.1 Å². The predicted molar refractivity (Wildman–Crippen MR) is 79.3 cm³/mol. The molecule has 2 aromatic rings. The molecule has 21 heavy (non-hydrogen) atoms. The summed E-state index contributed by atoms with van der Waals surface area (Å²) >= 11 is 0. The minimum Gasteiger partial charge on any atom is -0.480 e. The number of carbonyl (C=O) groups is 2. The van der Waals surface area contributed by atoms with Crippen molar-refractivity contribution < 1.29 is 19.1 Å². The van der Waals surface area contributed by atoms with E-state index in [0.29, 0.717) is 12.1 Å². The summed E-state index contributed by atoms with van der Waals surface area (Å²) < 4.78 is 5.62. The van der Waals surface area contributed by atoms with Gasteiger partial charge in [0.05, 0.1) is 0 Å². The molecule has 0 aliphatic rings. The highest BCUT2D eigenvalue weighted by molar-refractivity contribution is 5.97. The van der Waals surface area contributed by atoms with E-state index in [1.807, 2.05) is 39.0 Å². The molecule has 2 rings (SSSR count).